The third kappa shape index (κ3) is 3.91. The Morgan fingerprint density at radius 3 is 2.78 bits per heavy atom. The van der Waals surface area contributed by atoms with Crippen molar-refractivity contribution >= 4 is 44.9 Å². The van der Waals surface area contributed by atoms with E-state index in [1.807, 2.05) is 30.3 Å². The molecular weight excluding hydrogens is 472 g/mol. The Morgan fingerprint density at radius 1 is 1.08 bits per heavy atom. The quantitative estimate of drug-likeness (QED) is 0.253. The molecule has 0 unspecified atom stereocenters. The van der Waals surface area contributed by atoms with Gasteiger partial charge < -0.3 is 10.3 Å². The third-order valence-corrected chi connectivity index (χ3v) is 6.99. The van der Waals surface area contributed by atoms with Crippen LogP contribution in [0.1, 0.15) is 30.4 Å². The number of aromatic nitrogens is 7. The van der Waals surface area contributed by atoms with Crippen LogP contribution in [-0.4, -0.2) is 46.9 Å². The molecule has 10 heteroatoms. The molecule has 6 aromatic heterocycles. The largest absolute Gasteiger partial charge is 0.382 e. The van der Waals surface area contributed by atoms with Crippen LogP contribution in [0.2, 0.25) is 0 Å². The summed E-state index contributed by atoms with van der Waals surface area (Å²) in [6, 6.07) is 10.1. The normalized spacial score (nSPS) is 11.6. The van der Waals surface area contributed by atoms with E-state index < -0.39 is 0 Å². The van der Waals surface area contributed by atoms with Gasteiger partial charge in [0, 0.05) is 46.0 Å². The van der Waals surface area contributed by atoms with Crippen molar-refractivity contribution in [3.05, 3.63) is 60.0 Å². The van der Waals surface area contributed by atoms with Crippen LogP contribution >= 0.6 is 11.3 Å². The van der Waals surface area contributed by atoms with Crippen LogP contribution in [0.5, 0.6) is 0 Å². The van der Waals surface area contributed by atoms with E-state index in [1.54, 1.807) is 31.7 Å². The zero-order chi connectivity index (χ0) is 24.8. The first kappa shape index (κ1) is 22.1. The van der Waals surface area contributed by atoms with Crippen molar-refractivity contribution in [1.29, 1.82) is 0 Å². The number of carbonyl (C=O) groups excluding carboxylic acids is 1. The zero-order valence-electron chi connectivity index (χ0n) is 19.8. The maximum absolute atomic E-state index is 11.8. The minimum atomic E-state index is 0.0509. The Labute approximate surface area is 210 Å². The predicted molar refractivity (Wildman–Crippen MR) is 142 cm³/mol. The van der Waals surface area contributed by atoms with E-state index in [0.29, 0.717) is 23.2 Å². The molecule has 3 N–H and O–H groups in total. The molecule has 0 aliphatic heterocycles. The summed E-state index contributed by atoms with van der Waals surface area (Å²) < 4.78 is 0. The predicted octanol–water partition coefficient (Wildman–Crippen LogP) is 5.71. The maximum atomic E-state index is 11.8. The molecule has 0 aromatic carbocycles. The van der Waals surface area contributed by atoms with Gasteiger partial charge in [-0.15, -0.1) is 11.3 Å². The number of fused-ring (bicyclic) bond motifs is 2. The van der Waals surface area contributed by atoms with E-state index >= 15 is 0 Å². The molecule has 0 bridgehead atoms. The standard InChI is InChI=1S/C26H22N8OS/c1-13(2)30-16-8-15(10-27-11-16)19-9-18-20(12-29-19)33-34-24(18)26-31-23-17(6-7-28-25(23)32-26)22-5-4-21(36-22)14(3)35/h4-13,30H,1-3H3,(H,33,34)(H,28,31,32). The highest BCUT2D eigenvalue weighted by Crippen LogP contribution is 2.35. The highest BCUT2D eigenvalue weighted by Gasteiger charge is 2.18. The zero-order valence-corrected chi connectivity index (χ0v) is 20.6. The maximum Gasteiger partial charge on any atom is 0.178 e. The smallest absolute Gasteiger partial charge is 0.178 e. The molecule has 0 atom stereocenters. The minimum absolute atomic E-state index is 0.0509. The summed E-state index contributed by atoms with van der Waals surface area (Å²) in [5.74, 6) is 0.653. The van der Waals surface area contributed by atoms with Crippen molar-refractivity contribution in [2.75, 3.05) is 5.32 Å². The molecule has 178 valence electrons. The molecule has 9 nitrogen and oxygen atoms in total. The first-order valence-electron chi connectivity index (χ1n) is 11.5. The van der Waals surface area contributed by atoms with E-state index in [4.69, 9.17) is 4.98 Å². The number of hydrogen-bond donors (Lipinski definition) is 3. The van der Waals surface area contributed by atoms with E-state index in [-0.39, 0.29) is 5.78 Å². The van der Waals surface area contributed by atoms with E-state index in [2.05, 4.69) is 49.3 Å². The first-order chi connectivity index (χ1) is 17.5. The van der Waals surface area contributed by atoms with Crippen molar-refractivity contribution in [2.24, 2.45) is 0 Å². The Hall–Kier alpha value is -4.44. The highest BCUT2D eigenvalue weighted by atomic mass is 32.1. The minimum Gasteiger partial charge on any atom is -0.382 e. The number of Topliss-reactive ketones (excluding diaryl/α,β-unsaturated/α-hetero) is 1. The number of imidazole rings is 1. The molecule has 36 heavy (non-hydrogen) atoms. The summed E-state index contributed by atoms with van der Waals surface area (Å²) in [7, 11) is 0. The van der Waals surface area contributed by atoms with E-state index in [0.717, 1.165) is 48.7 Å². The molecule has 0 spiro atoms. The average molecular weight is 495 g/mol. The number of pyridine rings is 3. The molecule has 0 saturated heterocycles. The van der Waals surface area contributed by atoms with Gasteiger partial charge in [-0.05, 0) is 51.1 Å². The number of carbonyl (C=O) groups is 1. The summed E-state index contributed by atoms with van der Waals surface area (Å²) in [5, 5.41) is 11.8. The van der Waals surface area contributed by atoms with Gasteiger partial charge in [0.1, 0.15) is 5.69 Å². The number of nitrogens with zero attached hydrogens (tertiary/aromatic N) is 5. The Kier molecular flexibility index (Phi) is 5.30. The monoisotopic (exact) mass is 494 g/mol. The van der Waals surface area contributed by atoms with Gasteiger partial charge in [-0.3, -0.25) is 19.9 Å². The number of anilines is 1. The van der Waals surface area contributed by atoms with Crippen LogP contribution in [-0.2, 0) is 0 Å². The number of ketones is 1. The summed E-state index contributed by atoms with van der Waals surface area (Å²) in [5.41, 5.74) is 6.44. The highest BCUT2D eigenvalue weighted by molar-refractivity contribution is 7.17. The Bertz CT molecular complexity index is 1750. The second-order valence-corrected chi connectivity index (χ2v) is 9.90. The van der Waals surface area contributed by atoms with Crippen molar-refractivity contribution in [2.45, 2.75) is 26.8 Å². The molecule has 0 aliphatic rings. The van der Waals surface area contributed by atoms with Crippen molar-refractivity contribution in [3.63, 3.8) is 0 Å². The van der Waals surface area contributed by atoms with Gasteiger partial charge in [-0.25, -0.2) is 9.97 Å². The van der Waals surface area contributed by atoms with Crippen LogP contribution in [0.15, 0.2) is 55.1 Å². The number of nitrogens with one attached hydrogen (secondary N) is 3. The van der Waals surface area contributed by atoms with Gasteiger partial charge in [0.25, 0.3) is 0 Å². The van der Waals surface area contributed by atoms with Crippen LogP contribution in [0.25, 0.3) is 55.3 Å². The molecule has 6 heterocycles. The molecule has 0 radical (unpaired) electrons. The first-order valence-corrected chi connectivity index (χ1v) is 12.3. The topological polar surface area (TPSA) is 125 Å². The molecular formula is C26H22N8OS. The van der Waals surface area contributed by atoms with E-state index in [1.165, 1.54) is 11.3 Å². The lowest BCUT2D eigenvalue weighted by Gasteiger charge is -2.10. The van der Waals surface area contributed by atoms with Gasteiger partial charge >= 0.3 is 0 Å². The number of thiophene rings is 1. The molecule has 6 rings (SSSR count). The van der Waals surface area contributed by atoms with E-state index in [9.17, 15) is 4.79 Å². The van der Waals surface area contributed by atoms with Gasteiger partial charge in [0.05, 0.1) is 33.5 Å². The molecule has 0 amide bonds. The molecule has 0 saturated carbocycles. The second-order valence-electron chi connectivity index (χ2n) is 8.81. The fraction of sp³-hybridized carbons (Fsp3) is 0.154. The lowest BCUT2D eigenvalue weighted by Crippen LogP contribution is -2.09. The summed E-state index contributed by atoms with van der Waals surface area (Å²) in [6.07, 6.45) is 7.10. The average Bonchev–Trinajstić information content (AvgIpc) is 3.60. The van der Waals surface area contributed by atoms with Crippen LogP contribution in [0.3, 0.4) is 0 Å². The molecule has 0 aliphatic carbocycles. The van der Waals surface area contributed by atoms with Gasteiger partial charge in [-0.2, -0.15) is 5.10 Å². The number of aromatic amines is 2. The Morgan fingerprint density at radius 2 is 1.97 bits per heavy atom. The number of hydrogen-bond acceptors (Lipinski definition) is 8. The van der Waals surface area contributed by atoms with Crippen molar-refractivity contribution in [3.8, 4) is 33.2 Å². The lowest BCUT2D eigenvalue weighted by molar-refractivity contribution is 0.102. The molecule has 6 aromatic rings. The van der Waals surface area contributed by atoms with Crippen LogP contribution in [0, 0.1) is 0 Å². The van der Waals surface area contributed by atoms with Gasteiger partial charge in [0.15, 0.2) is 17.3 Å². The fourth-order valence-corrected chi connectivity index (χ4v) is 5.08. The molecule has 0 fully saturated rings. The number of H-pyrrole nitrogens is 2. The van der Waals surface area contributed by atoms with Crippen LogP contribution < -0.4 is 5.32 Å². The third-order valence-electron chi connectivity index (χ3n) is 5.77. The van der Waals surface area contributed by atoms with Crippen LogP contribution in [0.4, 0.5) is 5.69 Å². The summed E-state index contributed by atoms with van der Waals surface area (Å²) in [6.45, 7) is 5.75. The SMILES string of the molecule is CC(=O)c1ccc(-c2ccnc3nc(-c4n[nH]c5cnc(-c6cncc(NC(C)C)c6)cc45)[nH]c23)s1. The number of rotatable bonds is 6. The summed E-state index contributed by atoms with van der Waals surface area (Å²) in [4.78, 5) is 35.0. The fourth-order valence-electron chi connectivity index (χ4n) is 4.15. The summed E-state index contributed by atoms with van der Waals surface area (Å²) >= 11 is 1.46. The van der Waals surface area contributed by atoms with Crippen molar-refractivity contribution in [1.82, 2.24) is 35.1 Å². The Balaban J connectivity index is 1.43. The lowest BCUT2D eigenvalue weighted by atomic mass is 10.1. The van der Waals surface area contributed by atoms with Crippen molar-refractivity contribution < 1.29 is 4.79 Å². The van der Waals surface area contributed by atoms with Gasteiger partial charge in [-0.1, -0.05) is 0 Å². The second kappa shape index (κ2) is 8.65. The van der Waals surface area contributed by atoms with Gasteiger partial charge in [0.2, 0.25) is 0 Å².